The molecule has 0 radical (unpaired) electrons. The van der Waals surface area contributed by atoms with E-state index in [-0.39, 0.29) is 23.0 Å². The van der Waals surface area contributed by atoms with Gasteiger partial charge in [-0.25, -0.2) is 4.79 Å². The molecule has 3 rings (SSSR count). The van der Waals surface area contributed by atoms with Gasteiger partial charge >= 0.3 is 5.97 Å². The van der Waals surface area contributed by atoms with Gasteiger partial charge in [-0.2, -0.15) is 0 Å². The van der Waals surface area contributed by atoms with Gasteiger partial charge in [-0.15, -0.1) is 0 Å². The summed E-state index contributed by atoms with van der Waals surface area (Å²) in [5.41, 5.74) is 6.00. The number of carboxylic acids is 1. The predicted molar refractivity (Wildman–Crippen MR) is 74.0 cm³/mol. The van der Waals surface area contributed by atoms with Gasteiger partial charge in [-0.05, 0) is 31.4 Å². The molecule has 3 N–H and O–H groups in total. The summed E-state index contributed by atoms with van der Waals surface area (Å²) in [5.74, 6) is -0.692. The highest BCUT2D eigenvalue weighted by Crippen LogP contribution is 2.43. The van der Waals surface area contributed by atoms with Gasteiger partial charge in [-0.3, -0.25) is 0 Å². The summed E-state index contributed by atoms with van der Waals surface area (Å²) in [6.45, 7) is 0.676. The molecule has 1 unspecified atom stereocenters. The molecule has 1 aromatic carbocycles. The minimum atomic E-state index is -1.05. The van der Waals surface area contributed by atoms with Crippen molar-refractivity contribution in [2.24, 2.45) is 0 Å². The number of ether oxygens (including phenoxy) is 2. The first-order valence-corrected chi connectivity index (χ1v) is 7.02. The second kappa shape index (κ2) is 4.98. The Bertz CT molecular complexity index is 525. The highest BCUT2D eigenvalue weighted by atomic mass is 16.5. The Morgan fingerprint density at radius 3 is 2.90 bits per heavy atom. The Morgan fingerprint density at radius 1 is 1.45 bits per heavy atom. The van der Waals surface area contributed by atoms with E-state index in [2.05, 4.69) is 0 Å². The monoisotopic (exact) mass is 277 g/mol. The minimum Gasteiger partial charge on any atom is -0.489 e. The molecular formula is C15H19NO4. The van der Waals surface area contributed by atoms with Crippen molar-refractivity contribution < 1.29 is 19.4 Å². The fraction of sp³-hybridized carbons (Fsp3) is 0.533. The van der Waals surface area contributed by atoms with E-state index < -0.39 is 5.97 Å². The highest BCUT2D eigenvalue weighted by molar-refractivity contribution is 5.96. The molecule has 5 nitrogen and oxygen atoms in total. The molecule has 5 heteroatoms. The van der Waals surface area contributed by atoms with Crippen molar-refractivity contribution in [1.82, 2.24) is 0 Å². The Labute approximate surface area is 117 Å². The molecule has 1 atom stereocenters. The van der Waals surface area contributed by atoms with Gasteiger partial charge in [0.1, 0.15) is 17.4 Å². The first-order chi connectivity index (χ1) is 9.60. The molecule has 0 aromatic heterocycles. The normalized spacial score (nSPS) is 24.1. The molecule has 1 heterocycles. The Morgan fingerprint density at radius 2 is 2.25 bits per heavy atom. The van der Waals surface area contributed by atoms with E-state index in [1.165, 1.54) is 6.42 Å². The minimum absolute atomic E-state index is 0.00366. The van der Waals surface area contributed by atoms with Crippen LogP contribution in [0.1, 0.15) is 42.5 Å². The van der Waals surface area contributed by atoms with Crippen LogP contribution < -0.4 is 10.5 Å². The summed E-state index contributed by atoms with van der Waals surface area (Å²) in [4.78, 5) is 11.3. The van der Waals surface area contributed by atoms with E-state index in [9.17, 15) is 9.90 Å². The highest BCUT2D eigenvalue weighted by Gasteiger charge is 2.43. The molecule has 1 saturated heterocycles. The van der Waals surface area contributed by atoms with Gasteiger partial charge < -0.3 is 20.3 Å². The summed E-state index contributed by atoms with van der Waals surface area (Å²) in [5, 5.41) is 9.25. The van der Waals surface area contributed by atoms with Crippen LogP contribution in [0.15, 0.2) is 18.2 Å². The van der Waals surface area contributed by atoms with Gasteiger partial charge in [0.05, 0.1) is 12.2 Å². The van der Waals surface area contributed by atoms with Gasteiger partial charge in [-0.1, -0.05) is 6.07 Å². The number of carbonyl (C=O) groups is 1. The number of nitrogens with two attached hydrogens (primary N) is 1. The molecule has 0 amide bonds. The van der Waals surface area contributed by atoms with Crippen LogP contribution in [0, 0.1) is 0 Å². The van der Waals surface area contributed by atoms with Crippen molar-refractivity contribution in [3.63, 3.8) is 0 Å². The van der Waals surface area contributed by atoms with E-state index in [4.69, 9.17) is 15.2 Å². The van der Waals surface area contributed by atoms with Crippen LogP contribution in [0.25, 0.3) is 0 Å². The number of carboxylic acid groups (broad SMARTS) is 1. The van der Waals surface area contributed by atoms with Crippen molar-refractivity contribution in [1.29, 1.82) is 0 Å². The molecule has 2 aliphatic rings. The van der Waals surface area contributed by atoms with Crippen molar-refractivity contribution >= 4 is 11.7 Å². The Balaban J connectivity index is 1.77. The maximum atomic E-state index is 11.3. The Kier molecular flexibility index (Phi) is 3.30. The third kappa shape index (κ3) is 2.33. The first-order valence-electron chi connectivity index (χ1n) is 7.02. The van der Waals surface area contributed by atoms with Crippen LogP contribution in [0.2, 0.25) is 0 Å². The topological polar surface area (TPSA) is 81.8 Å². The Hall–Kier alpha value is -1.75. The van der Waals surface area contributed by atoms with Gasteiger partial charge in [0.2, 0.25) is 0 Å². The lowest BCUT2D eigenvalue weighted by Gasteiger charge is -2.46. The van der Waals surface area contributed by atoms with E-state index in [0.29, 0.717) is 12.4 Å². The van der Waals surface area contributed by atoms with Crippen LogP contribution in [-0.4, -0.2) is 29.4 Å². The van der Waals surface area contributed by atoms with Gasteiger partial charge in [0.25, 0.3) is 0 Å². The largest absolute Gasteiger partial charge is 0.489 e. The number of hydrogen-bond donors (Lipinski definition) is 2. The standard InChI is InChI=1S/C15H19NO4/c16-11-3-1-4-12(13(11)14(17)18)20-10-5-8-19-15(9-10)6-2-7-15/h1,3-4,10H,2,5-9,16H2,(H,17,18). The number of aromatic carboxylic acids is 1. The van der Waals surface area contributed by atoms with E-state index in [1.807, 2.05) is 0 Å². The smallest absolute Gasteiger partial charge is 0.341 e. The summed E-state index contributed by atoms with van der Waals surface area (Å²) in [6.07, 6.45) is 4.98. The molecule has 1 aliphatic heterocycles. The van der Waals surface area contributed by atoms with Crippen LogP contribution in [0.3, 0.4) is 0 Å². The maximum absolute atomic E-state index is 11.3. The number of anilines is 1. The maximum Gasteiger partial charge on any atom is 0.341 e. The quantitative estimate of drug-likeness (QED) is 0.829. The SMILES string of the molecule is Nc1cccc(OC2CCOC3(CCC3)C2)c1C(=O)O. The number of hydrogen-bond acceptors (Lipinski definition) is 4. The average Bonchev–Trinajstić information content (AvgIpc) is 2.37. The first kappa shape index (κ1) is 13.2. The van der Waals surface area contributed by atoms with Crippen LogP contribution in [0.5, 0.6) is 5.75 Å². The van der Waals surface area contributed by atoms with Crippen LogP contribution >= 0.6 is 0 Å². The van der Waals surface area contributed by atoms with Crippen LogP contribution in [0.4, 0.5) is 5.69 Å². The van der Waals surface area contributed by atoms with Crippen LogP contribution in [-0.2, 0) is 4.74 Å². The molecule has 0 bridgehead atoms. The summed E-state index contributed by atoms with van der Waals surface area (Å²) >= 11 is 0. The van der Waals surface area contributed by atoms with Gasteiger partial charge in [0.15, 0.2) is 0 Å². The molecular weight excluding hydrogens is 258 g/mol. The molecule has 1 spiro atoms. The average molecular weight is 277 g/mol. The zero-order chi connectivity index (χ0) is 14.2. The van der Waals surface area contributed by atoms with E-state index in [1.54, 1.807) is 18.2 Å². The molecule has 108 valence electrons. The number of nitrogen functional groups attached to an aromatic ring is 1. The third-order valence-corrected chi connectivity index (χ3v) is 4.28. The zero-order valence-corrected chi connectivity index (χ0v) is 11.3. The lowest BCUT2D eigenvalue weighted by Crippen LogP contribution is -2.48. The van der Waals surface area contributed by atoms with Gasteiger partial charge in [0, 0.05) is 18.5 Å². The zero-order valence-electron chi connectivity index (χ0n) is 11.3. The van der Waals surface area contributed by atoms with Crippen molar-refractivity contribution in [3.05, 3.63) is 23.8 Å². The third-order valence-electron chi connectivity index (χ3n) is 4.28. The van der Waals surface area contributed by atoms with E-state index in [0.717, 1.165) is 25.7 Å². The fourth-order valence-electron chi connectivity index (χ4n) is 3.06. The molecule has 1 saturated carbocycles. The summed E-state index contributed by atoms with van der Waals surface area (Å²) in [7, 11) is 0. The summed E-state index contributed by atoms with van der Waals surface area (Å²) in [6, 6.07) is 4.96. The fourth-order valence-corrected chi connectivity index (χ4v) is 3.06. The van der Waals surface area contributed by atoms with Crippen molar-refractivity contribution in [2.45, 2.75) is 43.8 Å². The molecule has 1 aromatic rings. The second-order valence-electron chi connectivity index (χ2n) is 5.64. The molecule has 2 fully saturated rings. The predicted octanol–water partition coefficient (Wildman–Crippen LogP) is 2.45. The summed E-state index contributed by atoms with van der Waals surface area (Å²) < 4.78 is 11.8. The lowest BCUT2D eigenvalue weighted by atomic mass is 9.74. The van der Waals surface area contributed by atoms with Crippen molar-refractivity contribution in [3.8, 4) is 5.75 Å². The van der Waals surface area contributed by atoms with E-state index >= 15 is 0 Å². The molecule has 20 heavy (non-hydrogen) atoms. The molecule has 1 aliphatic carbocycles. The number of rotatable bonds is 3. The lowest BCUT2D eigenvalue weighted by molar-refractivity contribution is -0.153. The number of benzene rings is 1. The second-order valence-corrected chi connectivity index (χ2v) is 5.64. The van der Waals surface area contributed by atoms with Crippen molar-refractivity contribution in [2.75, 3.05) is 12.3 Å².